The molecule has 4 nitrogen and oxygen atoms in total. The predicted molar refractivity (Wildman–Crippen MR) is 95.4 cm³/mol. The summed E-state index contributed by atoms with van der Waals surface area (Å²) in [6, 6.07) is 3.90. The minimum absolute atomic E-state index is 0.106. The van der Waals surface area contributed by atoms with Gasteiger partial charge in [0.15, 0.2) is 0 Å². The lowest BCUT2D eigenvalue weighted by Crippen LogP contribution is -2.25. The van der Waals surface area contributed by atoms with E-state index in [4.69, 9.17) is 0 Å². The molecular formula is C18H25N3OS. The van der Waals surface area contributed by atoms with Crippen LogP contribution in [-0.2, 0) is 11.2 Å². The van der Waals surface area contributed by atoms with E-state index in [1.165, 1.54) is 0 Å². The molecule has 0 aliphatic heterocycles. The quantitative estimate of drug-likeness (QED) is 0.778. The van der Waals surface area contributed by atoms with Crippen LogP contribution in [0.5, 0.6) is 0 Å². The maximum absolute atomic E-state index is 11.9. The maximum atomic E-state index is 11.9. The van der Waals surface area contributed by atoms with Gasteiger partial charge in [-0.3, -0.25) is 9.78 Å². The second-order valence-electron chi connectivity index (χ2n) is 6.90. The van der Waals surface area contributed by atoms with Crippen molar-refractivity contribution in [2.24, 2.45) is 5.41 Å². The van der Waals surface area contributed by atoms with E-state index >= 15 is 0 Å². The van der Waals surface area contributed by atoms with Gasteiger partial charge in [-0.15, -0.1) is 11.3 Å². The smallest absolute Gasteiger partial charge is 0.220 e. The van der Waals surface area contributed by atoms with Crippen LogP contribution in [0.1, 0.15) is 45.7 Å². The molecule has 1 amide bonds. The lowest BCUT2D eigenvalue weighted by Gasteiger charge is -2.17. The summed E-state index contributed by atoms with van der Waals surface area (Å²) in [5, 5.41) is 5.97. The molecule has 2 heterocycles. The molecule has 0 aliphatic rings. The Hall–Kier alpha value is -1.75. The third-order valence-electron chi connectivity index (χ3n) is 3.49. The minimum atomic E-state index is 0.106. The van der Waals surface area contributed by atoms with Crippen molar-refractivity contribution in [3.05, 3.63) is 35.6 Å². The lowest BCUT2D eigenvalue weighted by molar-refractivity contribution is -0.121. The Morgan fingerprint density at radius 1 is 1.35 bits per heavy atom. The van der Waals surface area contributed by atoms with Crippen LogP contribution in [0.4, 0.5) is 0 Å². The van der Waals surface area contributed by atoms with Crippen LogP contribution < -0.4 is 5.32 Å². The second-order valence-corrected chi connectivity index (χ2v) is 7.76. The number of rotatable bonds is 7. The number of aryl methyl sites for hydroxylation is 1. The van der Waals surface area contributed by atoms with Crippen molar-refractivity contribution in [2.45, 2.75) is 46.5 Å². The van der Waals surface area contributed by atoms with Crippen LogP contribution in [0.25, 0.3) is 10.6 Å². The number of carbonyl (C=O) groups is 1. The van der Waals surface area contributed by atoms with E-state index in [0.29, 0.717) is 18.3 Å². The molecule has 0 bridgehead atoms. The van der Waals surface area contributed by atoms with Gasteiger partial charge < -0.3 is 5.32 Å². The highest BCUT2D eigenvalue weighted by molar-refractivity contribution is 7.13. The number of pyridine rings is 1. The van der Waals surface area contributed by atoms with Gasteiger partial charge in [-0.25, -0.2) is 4.98 Å². The fraction of sp³-hybridized carbons (Fsp3) is 0.500. The molecule has 0 atom stereocenters. The van der Waals surface area contributed by atoms with Crippen molar-refractivity contribution in [3.8, 4) is 10.6 Å². The molecule has 1 N–H and O–H groups in total. The molecule has 0 radical (unpaired) electrons. The van der Waals surface area contributed by atoms with Gasteiger partial charge in [-0.2, -0.15) is 0 Å². The first-order valence-electron chi connectivity index (χ1n) is 8.05. The molecule has 2 aromatic rings. The minimum Gasteiger partial charge on any atom is -0.356 e. The summed E-state index contributed by atoms with van der Waals surface area (Å²) >= 11 is 1.60. The van der Waals surface area contributed by atoms with Crippen LogP contribution in [0.2, 0.25) is 0 Å². The first-order valence-corrected chi connectivity index (χ1v) is 8.93. The molecule has 0 saturated carbocycles. The monoisotopic (exact) mass is 331 g/mol. The highest BCUT2D eigenvalue weighted by Crippen LogP contribution is 2.23. The number of hydrogen-bond donors (Lipinski definition) is 1. The van der Waals surface area contributed by atoms with Crippen molar-refractivity contribution >= 4 is 17.2 Å². The Bertz CT molecular complexity index is 617. The van der Waals surface area contributed by atoms with Crippen molar-refractivity contribution < 1.29 is 4.79 Å². The summed E-state index contributed by atoms with van der Waals surface area (Å²) in [6.07, 6.45) is 6.88. The predicted octanol–water partition coefficient (Wildman–Crippen LogP) is 4.08. The van der Waals surface area contributed by atoms with Gasteiger partial charge in [0.25, 0.3) is 0 Å². The van der Waals surface area contributed by atoms with E-state index in [1.807, 2.05) is 23.7 Å². The van der Waals surface area contributed by atoms with Gasteiger partial charge in [0, 0.05) is 36.3 Å². The highest BCUT2D eigenvalue weighted by Gasteiger charge is 2.10. The molecule has 2 aromatic heterocycles. The zero-order chi connectivity index (χ0) is 16.7. The number of nitrogens with one attached hydrogen (secondary N) is 1. The molecule has 0 aromatic carbocycles. The molecule has 2 rings (SSSR count). The largest absolute Gasteiger partial charge is 0.356 e. The molecule has 0 saturated heterocycles. The molecule has 5 heteroatoms. The van der Waals surface area contributed by atoms with E-state index in [9.17, 15) is 4.79 Å². The average Bonchev–Trinajstić information content (AvgIpc) is 2.98. The summed E-state index contributed by atoms with van der Waals surface area (Å²) in [5.41, 5.74) is 2.32. The summed E-state index contributed by atoms with van der Waals surface area (Å²) in [7, 11) is 0. The molecule has 0 spiro atoms. The molecule has 124 valence electrons. The third-order valence-corrected chi connectivity index (χ3v) is 4.43. The van der Waals surface area contributed by atoms with E-state index in [-0.39, 0.29) is 5.91 Å². The van der Waals surface area contributed by atoms with Gasteiger partial charge in [-0.1, -0.05) is 20.8 Å². The summed E-state index contributed by atoms with van der Waals surface area (Å²) in [6.45, 7) is 7.42. The molecule has 0 unspecified atom stereocenters. The number of aromatic nitrogens is 2. The van der Waals surface area contributed by atoms with Gasteiger partial charge in [-0.05, 0) is 36.8 Å². The van der Waals surface area contributed by atoms with E-state index in [0.717, 1.165) is 35.7 Å². The normalized spacial score (nSPS) is 11.4. The first-order chi connectivity index (χ1) is 10.9. The SMILES string of the molecule is CC(C)(C)CCCNC(=O)CCc1csc(-c2cccnc2)n1. The molecule has 23 heavy (non-hydrogen) atoms. The molecule has 0 fully saturated rings. The Morgan fingerprint density at radius 2 is 2.17 bits per heavy atom. The topological polar surface area (TPSA) is 54.9 Å². The van der Waals surface area contributed by atoms with E-state index in [1.54, 1.807) is 17.5 Å². The van der Waals surface area contributed by atoms with Crippen LogP contribution in [-0.4, -0.2) is 22.4 Å². The summed E-state index contributed by atoms with van der Waals surface area (Å²) in [5.74, 6) is 0.106. The summed E-state index contributed by atoms with van der Waals surface area (Å²) < 4.78 is 0. The van der Waals surface area contributed by atoms with Crippen molar-refractivity contribution in [2.75, 3.05) is 6.54 Å². The van der Waals surface area contributed by atoms with Gasteiger partial charge in [0.1, 0.15) is 5.01 Å². The maximum Gasteiger partial charge on any atom is 0.220 e. The standard InChI is InChI=1S/C18H25N3OS/c1-18(2,3)9-5-11-20-16(22)8-7-15-13-23-17(21-15)14-6-4-10-19-12-14/h4,6,10,12-13H,5,7-9,11H2,1-3H3,(H,20,22). The number of hydrogen-bond acceptors (Lipinski definition) is 4. The van der Waals surface area contributed by atoms with Crippen LogP contribution in [0.15, 0.2) is 29.9 Å². The van der Waals surface area contributed by atoms with Gasteiger partial charge in [0.2, 0.25) is 5.91 Å². The number of thiazole rings is 1. The van der Waals surface area contributed by atoms with Crippen molar-refractivity contribution in [1.82, 2.24) is 15.3 Å². The Labute approximate surface area is 142 Å². The van der Waals surface area contributed by atoms with E-state index in [2.05, 4.69) is 36.1 Å². The lowest BCUT2D eigenvalue weighted by atomic mass is 9.91. The van der Waals surface area contributed by atoms with E-state index < -0.39 is 0 Å². The number of amides is 1. The van der Waals surface area contributed by atoms with Gasteiger partial charge >= 0.3 is 0 Å². The first kappa shape index (κ1) is 17.6. The Balaban J connectivity index is 1.72. The zero-order valence-corrected chi connectivity index (χ0v) is 14.9. The zero-order valence-electron chi connectivity index (χ0n) is 14.1. The Morgan fingerprint density at radius 3 is 2.87 bits per heavy atom. The summed E-state index contributed by atoms with van der Waals surface area (Å²) in [4.78, 5) is 20.6. The van der Waals surface area contributed by atoms with Crippen molar-refractivity contribution in [3.63, 3.8) is 0 Å². The van der Waals surface area contributed by atoms with Crippen LogP contribution >= 0.6 is 11.3 Å². The number of carbonyl (C=O) groups excluding carboxylic acids is 1. The fourth-order valence-corrected chi connectivity index (χ4v) is 3.07. The number of nitrogens with zero attached hydrogens (tertiary/aromatic N) is 2. The van der Waals surface area contributed by atoms with Crippen molar-refractivity contribution in [1.29, 1.82) is 0 Å². The Kier molecular flexibility index (Phi) is 6.28. The fourth-order valence-electron chi connectivity index (χ4n) is 2.22. The third kappa shape index (κ3) is 6.48. The van der Waals surface area contributed by atoms with Crippen LogP contribution in [0.3, 0.4) is 0 Å². The molecule has 0 aliphatic carbocycles. The molecular weight excluding hydrogens is 306 g/mol. The van der Waals surface area contributed by atoms with Gasteiger partial charge in [0.05, 0.1) is 5.69 Å². The average molecular weight is 331 g/mol. The van der Waals surface area contributed by atoms with Crippen LogP contribution in [0, 0.1) is 5.41 Å². The highest BCUT2D eigenvalue weighted by atomic mass is 32.1. The second kappa shape index (κ2) is 8.20.